The van der Waals surface area contributed by atoms with Gasteiger partial charge in [-0.05, 0) is 13.3 Å². The predicted molar refractivity (Wildman–Crippen MR) is 68.0 cm³/mol. The number of nitrogens with zero attached hydrogens (tertiary/aromatic N) is 3. The fourth-order valence-corrected chi connectivity index (χ4v) is 2.24. The smallest absolute Gasteiger partial charge is 0.134 e. The topological polar surface area (TPSA) is 64.3 Å². The van der Waals surface area contributed by atoms with Gasteiger partial charge in [0.2, 0.25) is 0 Å². The highest BCUT2D eigenvalue weighted by Gasteiger charge is 2.28. The van der Waals surface area contributed by atoms with Crippen molar-refractivity contribution in [3.05, 3.63) is 11.9 Å². The van der Waals surface area contributed by atoms with Crippen LogP contribution in [0.3, 0.4) is 0 Å². The first-order valence-electron chi connectivity index (χ1n) is 6.09. The number of nitrogens with two attached hydrogens (primary N) is 1. The second-order valence-corrected chi connectivity index (χ2v) is 4.46. The highest BCUT2D eigenvalue weighted by atomic mass is 16.5. The van der Waals surface area contributed by atoms with E-state index in [2.05, 4.69) is 21.8 Å². The highest BCUT2D eigenvalue weighted by Crippen LogP contribution is 2.23. The quantitative estimate of drug-likeness (QED) is 0.855. The fraction of sp³-hybridized carbons (Fsp3) is 0.667. The Morgan fingerprint density at radius 2 is 2.29 bits per heavy atom. The number of hydrogen-bond acceptors (Lipinski definition) is 5. The van der Waals surface area contributed by atoms with Crippen molar-refractivity contribution in [2.75, 3.05) is 24.3 Å². The molecule has 17 heavy (non-hydrogen) atoms. The average molecular weight is 236 g/mol. The lowest BCUT2D eigenvalue weighted by Crippen LogP contribution is -2.37. The number of likely N-dealkylation sites (N-methyl/N-ethyl adjacent to an activating group) is 1. The molecule has 5 heteroatoms. The van der Waals surface area contributed by atoms with E-state index < -0.39 is 0 Å². The molecule has 0 amide bonds. The molecule has 1 saturated heterocycles. The minimum absolute atomic E-state index is 0.237. The Morgan fingerprint density at radius 1 is 1.53 bits per heavy atom. The zero-order valence-corrected chi connectivity index (χ0v) is 10.7. The van der Waals surface area contributed by atoms with Crippen molar-refractivity contribution in [1.29, 1.82) is 0 Å². The lowest BCUT2D eigenvalue weighted by atomic mass is 10.1. The van der Waals surface area contributed by atoms with Crippen molar-refractivity contribution in [2.24, 2.45) is 0 Å². The van der Waals surface area contributed by atoms with Gasteiger partial charge >= 0.3 is 0 Å². The van der Waals surface area contributed by atoms with Crippen LogP contribution in [0.4, 0.5) is 11.6 Å². The molecular weight excluding hydrogens is 216 g/mol. The van der Waals surface area contributed by atoms with Gasteiger partial charge in [-0.2, -0.15) is 0 Å². The predicted octanol–water partition coefficient (Wildman–Crippen LogP) is 1.23. The van der Waals surface area contributed by atoms with E-state index in [1.54, 1.807) is 0 Å². The van der Waals surface area contributed by atoms with E-state index in [1.165, 1.54) is 0 Å². The minimum atomic E-state index is 0.237. The number of anilines is 2. The first-order chi connectivity index (χ1) is 8.11. The summed E-state index contributed by atoms with van der Waals surface area (Å²) in [5.74, 6) is 2.21. The van der Waals surface area contributed by atoms with Gasteiger partial charge in [0.25, 0.3) is 0 Å². The second-order valence-electron chi connectivity index (χ2n) is 4.46. The normalized spacial score (nSPS) is 23.9. The van der Waals surface area contributed by atoms with Crippen LogP contribution in [0.25, 0.3) is 0 Å². The van der Waals surface area contributed by atoms with E-state index in [0.29, 0.717) is 11.9 Å². The summed E-state index contributed by atoms with van der Waals surface area (Å²) in [6, 6.07) is 2.19. The van der Waals surface area contributed by atoms with E-state index in [1.807, 2.05) is 20.0 Å². The van der Waals surface area contributed by atoms with Crippen LogP contribution in [0.2, 0.25) is 0 Å². The van der Waals surface area contributed by atoms with E-state index in [0.717, 1.165) is 31.1 Å². The first-order valence-corrected chi connectivity index (χ1v) is 6.09. The highest BCUT2D eigenvalue weighted by molar-refractivity contribution is 5.47. The SMILES string of the molecule is CCc1nc(N)cc(N(C)C2CCOC2C)n1. The number of aryl methyl sites for hydroxylation is 1. The third-order valence-corrected chi connectivity index (χ3v) is 3.29. The molecule has 2 unspecified atom stereocenters. The summed E-state index contributed by atoms with van der Waals surface area (Å²) in [4.78, 5) is 10.8. The Labute approximate surface area is 102 Å². The van der Waals surface area contributed by atoms with E-state index in [4.69, 9.17) is 10.5 Å². The van der Waals surface area contributed by atoms with Crippen molar-refractivity contribution < 1.29 is 4.74 Å². The maximum absolute atomic E-state index is 5.80. The molecule has 0 spiro atoms. The second kappa shape index (κ2) is 4.87. The Kier molecular flexibility index (Phi) is 3.47. The molecule has 0 radical (unpaired) electrons. The molecule has 5 nitrogen and oxygen atoms in total. The fourth-order valence-electron chi connectivity index (χ4n) is 2.24. The third kappa shape index (κ3) is 2.49. The van der Waals surface area contributed by atoms with E-state index in [-0.39, 0.29) is 6.10 Å². The van der Waals surface area contributed by atoms with Gasteiger partial charge < -0.3 is 15.4 Å². The molecule has 0 aromatic carbocycles. The van der Waals surface area contributed by atoms with Gasteiger partial charge in [0.15, 0.2) is 0 Å². The van der Waals surface area contributed by atoms with Gasteiger partial charge in [0.05, 0.1) is 12.1 Å². The Hall–Kier alpha value is -1.36. The van der Waals surface area contributed by atoms with E-state index >= 15 is 0 Å². The Morgan fingerprint density at radius 3 is 2.88 bits per heavy atom. The summed E-state index contributed by atoms with van der Waals surface area (Å²) in [6.07, 6.45) is 2.06. The summed E-state index contributed by atoms with van der Waals surface area (Å²) in [6.45, 7) is 4.94. The van der Waals surface area contributed by atoms with Gasteiger partial charge in [-0.1, -0.05) is 6.92 Å². The van der Waals surface area contributed by atoms with Crippen LogP contribution in [0.1, 0.15) is 26.1 Å². The molecule has 1 aliphatic rings. The lowest BCUT2D eigenvalue weighted by molar-refractivity contribution is 0.118. The number of hydrogen-bond donors (Lipinski definition) is 1. The first kappa shape index (κ1) is 12.1. The largest absolute Gasteiger partial charge is 0.384 e. The molecule has 94 valence electrons. The molecule has 2 atom stereocenters. The van der Waals surface area contributed by atoms with Crippen molar-refractivity contribution in [2.45, 2.75) is 38.8 Å². The van der Waals surface area contributed by atoms with Crippen LogP contribution in [0.15, 0.2) is 6.07 Å². The standard InChI is InChI=1S/C12H20N4O/c1-4-11-14-10(13)7-12(15-11)16(3)9-5-6-17-8(9)2/h7-9H,4-6H2,1-3H3,(H2,13,14,15). The average Bonchev–Trinajstić information content (AvgIpc) is 2.73. The van der Waals surface area contributed by atoms with Crippen LogP contribution in [-0.2, 0) is 11.2 Å². The Balaban J connectivity index is 2.23. The van der Waals surface area contributed by atoms with Crippen molar-refractivity contribution in [3.8, 4) is 0 Å². The number of ether oxygens (including phenoxy) is 1. The van der Waals surface area contributed by atoms with Gasteiger partial charge in [-0.15, -0.1) is 0 Å². The molecule has 1 aliphatic heterocycles. The van der Waals surface area contributed by atoms with Crippen LogP contribution in [0, 0.1) is 0 Å². The zero-order valence-electron chi connectivity index (χ0n) is 10.7. The lowest BCUT2D eigenvalue weighted by Gasteiger charge is -2.28. The molecule has 0 aliphatic carbocycles. The number of aromatic nitrogens is 2. The van der Waals surface area contributed by atoms with Gasteiger partial charge in [-0.3, -0.25) is 0 Å². The van der Waals surface area contributed by atoms with Crippen LogP contribution < -0.4 is 10.6 Å². The maximum atomic E-state index is 5.80. The summed E-state index contributed by atoms with van der Waals surface area (Å²) in [7, 11) is 2.04. The van der Waals surface area contributed by atoms with Crippen LogP contribution in [0.5, 0.6) is 0 Å². The number of nitrogen functional groups attached to an aromatic ring is 1. The van der Waals surface area contributed by atoms with Crippen LogP contribution in [-0.4, -0.2) is 35.8 Å². The summed E-state index contributed by atoms with van der Waals surface area (Å²) in [5, 5.41) is 0. The monoisotopic (exact) mass is 236 g/mol. The number of rotatable bonds is 3. The molecular formula is C12H20N4O. The van der Waals surface area contributed by atoms with Crippen molar-refractivity contribution >= 4 is 11.6 Å². The van der Waals surface area contributed by atoms with Gasteiger partial charge in [-0.25, -0.2) is 9.97 Å². The summed E-state index contributed by atoms with van der Waals surface area (Å²) >= 11 is 0. The molecule has 2 rings (SSSR count). The van der Waals surface area contributed by atoms with Crippen molar-refractivity contribution in [3.63, 3.8) is 0 Å². The van der Waals surface area contributed by atoms with Gasteiger partial charge in [0, 0.05) is 26.1 Å². The van der Waals surface area contributed by atoms with Crippen LogP contribution >= 0.6 is 0 Å². The molecule has 2 N–H and O–H groups in total. The molecule has 2 heterocycles. The maximum Gasteiger partial charge on any atom is 0.134 e. The molecule has 0 bridgehead atoms. The third-order valence-electron chi connectivity index (χ3n) is 3.29. The molecule has 1 fully saturated rings. The van der Waals surface area contributed by atoms with Gasteiger partial charge in [0.1, 0.15) is 17.5 Å². The summed E-state index contributed by atoms with van der Waals surface area (Å²) < 4.78 is 5.58. The van der Waals surface area contributed by atoms with E-state index in [9.17, 15) is 0 Å². The Bertz CT molecular complexity index is 396. The summed E-state index contributed by atoms with van der Waals surface area (Å²) in [5.41, 5.74) is 5.80. The molecule has 1 aromatic rings. The molecule has 1 aromatic heterocycles. The van der Waals surface area contributed by atoms with Crippen molar-refractivity contribution in [1.82, 2.24) is 9.97 Å². The minimum Gasteiger partial charge on any atom is -0.384 e. The zero-order chi connectivity index (χ0) is 12.4. The molecule has 0 saturated carbocycles.